The highest BCUT2D eigenvalue weighted by Gasteiger charge is 2.09. The molecule has 0 aliphatic heterocycles. The molecule has 0 fully saturated rings. The molecule has 1 rings (SSSR count). The maximum absolute atomic E-state index is 11.6. The van der Waals surface area contributed by atoms with E-state index in [0.717, 1.165) is 5.56 Å². The summed E-state index contributed by atoms with van der Waals surface area (Å²) in [5.41, 5.74) is 3.04. The van der Waals surface area contributed by atoms with Crippen LogP contribution in [0.25, 0.3) is 0 Å². The lowest BCUT2D eigenvalue weighted by atomic mass is 10.2. The van der Waals surface area contributed by atoms with Gasteiger partial charge >= 0.3 is 0 Å². The lowest BCUT2D eigenvalue weighted by Gasteiger charge is -2.11. The second-order valence-corrected chi connectivity index (χ2v) is 5.43. The van der Waals surface area contributed by atoms with Crippen LogP contribution in [0.4, 0.5) is 0 Å². The monoisotopic (exact) mass is 347 g/mol. The van der Waals surface area contributed by atoms with Crippen molar-refractivity contribution in [2.24, 2.45) is 5.10 Å². The SMILES string of the molecule is C=CCOc1ccc(/C=N\NC(=O)CC(=O)NC(C)C)cc1OCC. The van der Waals surface area contributed by atoms with Crippen LogP contribution >= 0.6 is 0 Å². The minimum absolute atomic E-state index is 0.0115. The van der Waals surface area contributed by atoms with Gasteiger partial charge in [0.1, 0.15) is 13.0 Å². The van der Waals surface area contributed by atoms with Crippen LogP contribution in [-0.2, 0) is 9.59 Å². The summed E-state index contributed by atoms with van der Waals surface area (Å²) < 4.78 is 11.0. The molecule has 2 N–H and O–H groups in total. The van der Waals surface area contributed by atoms with Crippen molar-refractivity contribution in [1.29, 1.82) is 0 Å². The van der Waals surface area contributed by atoms with Gasteiger partial charge in [-0.2, -0.15) is 5.10 Å². The van der Waals surface area contributed by atoms with Gasteiger partial charge in [-0.3, -0.25) is 9.59 Å². The fourth-order valence-electron chi connectivity index (χ4n) is 1.88. The number of ether oxygens (including phenoxy) is 2. The number of hydrazone groups is 1. The molecule has 2 amide bonds. The summed E-state index contributed by atoms with van der Waals surface area (Å²) >= 11 is 0. The maximum Gasteiger partial charge on any atom is 0.249 e. The third-order valence-electron chi connectivity index (χ3n) is 2.80. The minimum Gasteiger partial charge on any atom is -0.490 e. The van der Waals surface area contributed by atoms with Gasteiger partial charge in [0.2, 0.25) is 11.8 Å². The van der Waals surface area contributed by atoms with Crippen LogP contribution in [0.15, 0.2) is 36.0 Å². The maximum atomic E-state index is 11.6. The summed E-state index contributed by atoms with van der Waals surface area (Å²) in [6.07, 6.45) is 2.85. The number of rotatable bonds is 10. The molecule has 0 aliphatic carbocycles. The number of hydrogen-bond donors (Lipinski definition) is 2. The summed E-state index contributed by atoms with van der Waals surface area (Å²) in [6, 6.07) is 5.28. The highest BCUT2D eigenvalue weighted by atomic mass is 16.5. The molecular weight excluding hydrogens is 322 g/mol. The van der Waals surface area contributed by atoms with Crippen LogP contribution in [-0.4, -0.2) is 37.3 Å². The molecule has 7 nitrogen and oxygen atoms in total. The Morgan fingerprint density at radius 3 is 2.64 bits per heavy atom. The largest absolute Gasteiger partial charge is 0.490 e. The van der Waals surface area contributed by atoms with E-state index >= 15 is 0 Å². The molecule has 1 aromatic rings. The molecule has 0 spiro atoms. The summed E-state index contributed by atoms with van der Waals surface area (Å²) in [5, 5.41) is 6.49. The topological polar surface area (TPSA) is 89.0 Å². The van der Waals surface area contributed by atoms with Crippen LogP contribution in [0.3, 0.4) is 0 Å². The zero-order valence-electron chi connectivity index (χ0n) is 14.9. The first-order valence-electron chi connectivity index (χ1n) is 8.08. The van der Waals surface area contributed by atoms with Crippen molar-refractivity contribution in [3.05, 3.63) is 36.4 Å². The molecule has 0 aliphatic rings. The number of nitrogens with zero attached hydrogens (tertiary/aromatic N) is 1. The lowest BCUT2D eigenvalue weighted by Crippen LogP contribution is -2.34. The first kappa shape index (κ1) is 20.2. The van der Waals surface area contributed by atoms with E-state index in [1.807, 2.05) is 20.8 Å². The summed E-state index contributed by atoms with van der Waals surface area (Å²) in [4.78, 5) is 23.1. The van der Waals surface area contributed by atoms with Gasteiger partial charge in [-0.25, -0.2) is 5.43 Å². The number of amides is 2. The number of benzene rings is 1. The molecule has 1 aromatic carbocycles. The fourth-order valence-corrected chi connectivity index (χ4v) is 1.88. The molecule has 0 atom stereocenters. The standard InChI is InChI=1S/C18H25N3O4/c1-5-9-25-15-8-7-14(10-16(15)24-6-2)12-19-21-18(23)11-17(22)20-13(3)4/h5,7-8,10,12-13H,1,6,9,11H2,2-4H3,(H,20,22)(H,21,23)/b19-12-. The molecule has 0 saturated carbocycles. The van der Waals surface area contributed by atoms with E-state index in [1.54, 1.807) is 24.3 Å². The van der Waals surface area contributed by atoms with Crippen LogP contribution in [0.2, 0.25) is 0 Å². The Balaban J connectivity index is 2.64. The first-order chi connectivity index (χ1) is 12.0. The Labute approximate surface area is 148 Å². The van der Waals surface area contributed by atoms with Crippen molar-refractivity contribution in [3.8, 4) is 11.5 Å². The molecule has 0 radical (unpaired) electrons. The first-order valence-corrected chi connectivity index (χ1v) is 8.08. The van der Waals surface area contributed by atoms with Crippen molar-refractivity contribution in [2.75, 3.05) is 13.2 Å². The Morgan fingerprint density at radius 2 is 2.00 bits per heavy atom. The van der Waals surface area contributed by atoms with Crippen LogP contribution < -0.4 is 20.2 Å². The van der Waals surface area contributed by atoms with E-state index < -0.39 is 5.91 Å². The summed E-state index contributed by atoms with van der Waals surface area (Å²) in [7, 11) is 0. The van der Waals surface area contributed by atoms with Crippen LogP contribution in [0.5, 0.6) is 11.5 Å². The van der Waals surface area contributed by atoms with Gasteiger partial charge in [0.05, 0.1) is 12.8 Å². The smallest absolute Gasteiger partial charge is 0.249 e. The van der Waals surface area contributed by atoms with Gasteiger partial charge in [-0.1, -0.05) is 12.7 Å². The van der Waals surface area contributed by atoms with Crippen molar-refractivity contribution in [3.63, 3.8) is 0 Å². The average Bonchev–Trinajstić information content (AvgIpc) is 2.53. The Kier molecular flexibility index (Phi) is 8.78. The molecule has 25 heavy (non-hydrogen) atoms. The molecule has 0 heterocycles. The second-order valence-electron chi connectivity index (χ2n) is 5.43. The summed E-state index contributed by atoms with van der Waals surface area (Å²) in [5.74, 6) is 0.361. The number of carbonyl (C=O) groups excluding carboxylic acids is 2. The van der Waals surface area contributed by atoms with Crippen molar-refractivity contribution in [1.82, 2.24) is 10.7 Å². The third-order valence-corrected chi connectivity index (χ3v) is 2.80. The minimum atomic E-state index is -0.481. The highest BCUT2D eigenvalue weighted by Crippen LogP contribution is 2.28. The predicted octanol–water partition coefficient (Wildman–Crippen LogP) is 2.01. The van der Waals surface area contributed by atoms with Crippen LogP contribution in [0, 0.1) is 0 Å². The van der Waals surface area contributed by atoms with Gasteiger partial charge in [-0.05, 0) is 44.5 Å². The van der Waals surface area contributed by atoms with Crippen molar-refractivity contribution >= 4 is 18.0 Å². The quantitative estimate of drug-likeness (QED) is 0.293. The van der Waals surface area contributed by atoms with Crippen molar-refractivity contribution in [2.45, 2.75) is 33.2 Å². The molecule has 0 aromatic heterocycles. The van der Waals surface area contributed by atoms with E-state index in [4.69, 9.17) is 9.47 Å². The van der Waals surface area contributed by atoms with E-state index in [9.17, 15) is 9.59 Å². The van der Waals surface area contributed by atoms with E-state index in [1.165, 1.54) is 6.21 Å². The summed E-state index contributed by atoms with van der Waals surface area (Å²) in [6.45, 7) is 10.0. The second kappa shape index (κ2) is 10.9. The highest BCUT2D eigenvalue weighted by molar-refractivity contribution is 5.97. The molecule has 0 bridgehead atoms. The normalized spacial score (nSPS) is 10.6. The fraction of sp³-hybridized carbons (Fsp3) is 0.389. The molecule has 0 saturated heterocycles. The number of carbonyl (C=O) groups is 2. The van der Waals surface area contributed by atoms with E-state index in [-0.39, 0.29) is 18.4 Å². The van der Waals surface area contributed by atoms with Gasteiger partial charge in [-0.15, -0.1) is 0 Å². The molecular formula is C18H25N3O4. The molecule has 7 heteroatoms. The van der Waals surface area contributed by atoms with E-state index in [2.05, 4.69) is 22.4 Å². The van der Waals surface area contributed by atoms with E-state index in [0.29, 0.717) is 24.7 Å². The Hall–Kier alpha value is -2.83. The number of nitrogens with one attached hydrogen (secondary N) is 2. The molecule has 0 unspecified atom stereocenters. The zero-order valence-corrected chi connectivity index (χ0v) is 14.9. The van der Waals surface area contributed by atoms with Gasteiger partial charge in [0.15, 0.2) is 11.5 Å². The lowest BCUT2D eigenvalue weighted by molar-refractivity contribution is -0.129. The zero-order chi connectivity index (χ0) is 18.7. The average molecular weight is 347 g/mol. The third kappa shape index (κ3) is 8.01. The Morgan fingerprint density at radius 1 is 1.24 bits per heavy atom. The van der Waals surface area contributed by atoms with Crippen LogP contribution in [0.1, 0.15) is 32.8 Å². The van der Waals surface area contributed by atoms with Crippen molar-refractivity contribution < 1.29 is 19.1 Å². The molecule has 136 valence electrons. The van der Waals surface area contributed by atoms with Gasteiger partial charge in [0, 0.05) is 6.04 Å². The predicted molar refractivity (Wildman–Crippen MR) is 96.9 cm³/mol. The van der Waals surface area contributed by atoms with Gasteiger partial charge in [0.25, 0.3) is 0 Å². The Bertz CT molecular complexity index is 627. The number of hydrogen-bond acceptors (Lipinski definition) is 5. The van der Waals surface area contributed by atoms with Gasteiger partial charge < -0.3 is 14.8 Å².